The number of nitrogens with zero attached hydrogens (tertiary/aromatic N) is 1. The zero-order valence-electron chi connectivity index (χ0n) is 14.2. The van der Waals surface area contributed by atoms with E-state index >= 15 is 0 Å². The highest BCUT2D eigenvalue weighted by Gasteiger charge is 2.28. The molecular formula is C19H29NO. The van der Waals surface area contributed by atoms with E-state index in [4.69, 9.17) is 0 Å². The van der Waals surface area contributed by atoms with Gasteiger partial charge >= 0.3 is 0 Å². The predicted molar refractivity (Wildman–Crippen MR) is 88.9 cm³/mol. The van der Waals surface area contributed by atoms with Gasteiger partial charge in [0.05, 0.1) is 6.04 Å². The highest BCUT2D eigenvalue weighted by atomic mass is 16.1. The van der Waals surface area contributed by atoms with Crippen molar-refractivity contribution in [2.24, 2.45) is 5.41 Å². The molecule has 1 atom stereocenters. The Morgan fingerprint density at radius 1 is 1.14 bits per heavy atom. The first-order valence-electron chi connectivity index (χ1n) is 8.16. The van der Waals surface area contributed by atoms with Crippen LogP contribution in [0, 0.1) is 19.3 Å². The lowest BCUT2D eigenvalue weighted by molar-refractivity contribution is 0.0838. The molecule has 0 radical (unpaired) electrons. The van der Waals surface area contributed by atoms with E-state index in [-0.39, 0.29) is 11.8 Å². The molecule has 1 aliphatic rings. The van der Waals surface area contributed by atoms with Crippen molar-refractivity contribution in [2.75, 3.05) is 13.1 Å². The summed E-state index contributed by atoms with van der Waals surface area (Å²) in [5.41, 5.74) is 3.72. The maximum atomic E-state index is 12.7. The van der Waals surface area contributed by atoms with Crippen molar-refractivity contribution in [1.82, 2.24) is 4.90 Å². The van der Waals surface area contributed by atoms with Gasteiger partial charge in [-0.25, -0.2) is 0 Å². The van der Waals surface area contributed by atoms with Crippen molar-refractivity contribution in [1.29, 1.82) is 0 Å². The normalized spacial score (nSPS) is 20.8. The summed E-state index contributed by atoms with van der Waals surface area (Å²) < 4.78 is 0. The minimum absolute atomic E-state index is 0.0130. The van der Waals surface area contributed by atoms with E-state index < -0.39 is 0 Å². The fraction of sp³-hybridized carbons (Fsp3) is 0.632. The van der Waals surface area contributed by atoms with Gasteiger partial charge in [-0.3, -0.25) is 9.69 Å². The van der Waals surface area contributed by atoms with Crippen molar-refractivity contribution < 1.29 is 4.79 Å². The molecule has 2 nitrogen and oxygen atoms in total. The molecule has 1 heterocycles. The molecule has 0 amide bonds. The highest BCUT2D eigenvalue weighted by Crippen LogP contribution is 2.30. The fourth-order valence-electron chi connectivity index (χ4n) is 3.13. The van der Waals surface area contributed by atoms with Crippen LogP contribution in [0.2, 0.25) is 0 Å². The van der Waals surface area contributed by atoms with Gasteiger partial charge in [-0.1, -0.05) is 26.0 Å². The monoisotopic (exact) mass is 287 g/mol. The first-order valence-corrected chi connectivity index (χ1v) is 8.16. The van der Waals surface area contributed by atoms with Gasteiger partial charge < -0.3 is 0 Å². The lowest BCUT2D eigenvalue weighted by atomic mass is 9.85. The molecule has 2 heteroatoms. The predicted octanol–water partition coefficient (Wildman–Crippen LogP) is 4.39. The Balaban J connectivity index is 2.09. The molecule has 1 unspecified atom stereocenters. The van der Waals surface area contributed by atoms with Crippen LogP contribution in [-0.2, 0) is 0 Å². The van der Waals surface area contributed by atoms with Gasteiger partial charge in [0.1, 0.15) is 0 Å². The van der Waals surface area contributed by atoms with Crippen LogP contribution >= 0.6 is 0 Å². The average Bonchev–Trinajstić information content (AvgIpc) is 2.61. The molecule has 0 N–H and O–H groups in total. The van der Waals surface area contributed by atoms with Crippen LogP contribution in [0.4, 0.5) is 0 Å². The lowest BCUT2D eigenvalue weighted by Crippen LogP contribution is -2.40. The largest absolute Gasteiger partial charge is 0.293 e. The molecule has 2 rings (SSSR count). The number of rotatable bonds is 3. The topological polar surface area (TPSA) is 20.3 Å². The zero-order valence-corrected chi connectivity index (χ0v) is 14.2. The van der Waals surface area contributed by atoms with Crippen LogP contribution < -0.4 is 0 Å². The summed E-state index contributed by atoms with van der Waals surface area (Å²) in [4.78, 5) is 15.1. The summed E-state index contributed by atoms with van der Waals surface area (Å²) in [6.07, 6.45) is 3.63. The van der Waals surface area contributed by atoms with Gasteiger partial charge in [0.2, 0.25) is 0 Å². The second-order valence-corrected chi connectivity index (χ2v) is 7.39. The molecule has 1 aromatic carbocycles. The molecule has 1 aromatic rings. The third-order valence-corrected chi connectivity index (χ3v) is 5.09. The van der Waals surface area contributed by atoms with Gasteiger partial charge in [0.25, 0.3) is 0 Å². The van der Waals surface area contributed by atoms with E-state index in [2.05, 4.69) is 45.6 Å². The van der Waals surface area contributed by atoms with Crippen LogP contribution in [0.25, 0.3) is 0 Å². The number of ketones is 1. The third-order valence-electron chi connectivity index (χ3n) is 5.09. The molecule has 0 spiro atoms. The number of Topliss-reactive ketones (excluding diaryl/α,β-unsaturated/α-hetero) is 1. The molecule has 0 bridgehead atoms. The van der Waals surface area contributed by atoms with E-state index in [1.54, 1.807) is 0 Å². The van der Waals surface area contributed by atoms with E-state index in [0.717, 1.165) is 18.7 Å². The van der Waals surface area contributed by atoms with Crippen LogP contribution in [0.3, 0.4) is 0 Å². The van der Waals surface area contributed by atoms with Crippen molar-refractivity contribution in [3.8, 4) is 0 Å². The SMILES string of the molecule is Cc1ccc(C(=O)C(C)N2CCCC(C)(C)CC2)cc1C. The Hall–Kier alpha value is -1.15. The summed E-state index contributed by atoms with van der Waals surface area (Å²) in [7, 11) is 0. The maximum absolute atomic E-state index is 12.7. The number of benzene rings is 1. The smallest absolute Gasteiger partial charge is 0.179 e. The summed E-state index contributed by atoms with van der Waals surface area (Å²) in [5, 5.41) is 0. The number of carbonyl (C=O) groups is 1. The van der Waals surface area contributed by atoms with Crippen LogP contribution in [0.15, 0.2) is 18.2 Å². The van der Waals surface area contributed by atoms with Crippen molar-refractivity contribution in [3.05, 3.63) is 34.9 Å². The number of carbonyl (C=O) groups excluding carboxylic acids is 1. The quantitative estimate of drug-likeness (QED) is 0.769. The molecule has 21 heavy (non-hydrogen) atoms. The molecule has 0 aromatic heterocycles. The van der Waals surface area contributed by atoms with Crippen LogP contribution in [0.1, 0.15) is 61.5 Å². The molecule has 0 saturated carbocycles. The highest BCUT2D eigenvalue weighted by molar-refractivity contribution is 6.00. The van der Waals surface area contributed by atoms with E-state index in [0.29, 0.717) is 5.41 Å². The van der Waals surface area contributed by atoms with E-state index in [1.807, 2.05) is 12.1 Å². The van der Waals surface area contributed by atoms with Crippen molar-refractivity contribution in [3.63, 3.8) is 0 Å². The Morgan fingerprint density at radius 2 is 1.86 bits per heavy atom. The van der Waals surface area contributed by atoms with Gasteiger partial charge in [-0.05, 0) is 75.7 Å². The number of aryl methyl sites for hydroxylation is 2. The van der Waals surface area contributed by atoms with Gasteiger partial charge in [0, 0.05) is 5.56 Å². The van der Waals surface area contributed by atoms with Gasteiger partial charge in [0.15, 0.2) is 5.78 Å². The van der Waals surface area contributed by atoms with Crippen LogP contribution in [0.5, 0.6) is 0 Å². The standard InChI is InChI=1S/C19H29NO/c1-14-7-8-17(13-15(14)2)18(21)16(3)20-11-6-9-19(4,5)10-12-20/h7-8,13,16H,6,9-12H2,1-5H3. The van der Waals surface area contributed by atoms with Crippen molar-refractivity contribution in [2.45, 2.75) is 59.9 Å². The minimum Gasteiger partial charge on any atom is -0.293 e. The molecule has 1 fully saturated rings. The fourth-order valence-corrected chi connectivity index (χ4v) is 3.13. The Morgan fingerprint density at radius 3 is 2.52 bits per heavy atom. The lowest BCUT2D eigenvalue weighted by Gasteiger charge is -2.27. The molecule has 116 valence electrons. The number of hydrogen-bond acceptors (Lipinski definition) is 2. The summed E-state index contributed by atoms with van der Waals surface area (Å²) in [6.45, 7) is 13.0. The summed E-state index contributed by atoms with van der Waals surface area (Å²) in [5.74, 6) is 0.262. The molecule has 1 saturated heterocycles. The van der Waals surface area contributed by atoms with Crippen LogP contribution in [-0.4, -0.2) is 29.8 Å². The Kier molecular flexibility index (Phi) is 4.88. The van der Waals surface area contributed by atoms with Crippen molar-refractivity contribution >= 4 is 5.78 Å². The van der Waals surface area contributed by atoms with Gasteiger partial charge in [-0.15, -0.1) is 0 Å². The molecular weight excluding hydrogens is 258 g/mol. The maximum Gasteiger partial charge on any atom is 0.179 e. The summed E-state index contributed by atoms with van der Waals surface area (Å²) in [6, 6.07) is 6.06. The molecule has 0 aliphatic carbocycles. The van der Waals surface area contributed by atoms with Gasteiger partial charge in [-0.2, -0.15) is 0 Å². The summed E-state index contributed by atoms with van der Waals surface area (Å²) >= 11 is 0. The zero-order chi connectivity index (χ0) is 15.6. The number of likely N-dealkylation sites (tertiary alicyclic amines) is 1. The van der Waals surface area contributed by atoms with E-state index in [1.165, 1.54) is 30.4 Å². The third kappa shape index (κ3) is 3.94. The first kappa shape index (κ1) is 16.2. The first-order chi connectivity index (χ1) is 9.80. The van der Waals surface area contributed by atoms with E-state index in [9.17, 15) is 4.79 Å². The Labute approximate surface area is 129 Å². The second-order valence-electron chi connectivity index (χ2n) is 7.39. The average molecular weight is 287 g/mol. The number of hydrogen-bond donors (Lipinski definition) is 0. The second kappa shape index (κ2) is 6.31. The minimum atomic E-state index is -0.0130. The Bertz CT molecular complexity index is 518. The molecule has 1 aliphatic heterocycles.